The van der Waals surface area contributed by atoms with Crippen LogP contribution in [0.4, 0.5) is 5.00 Å². The summed E-state index contributed by atoms with van der Waals surface area (Å²) in [7, 11) is 0. The van der Waals surface area contributed by atoms with Crippen molar-refractivity contribution in [2.45, 2.75) is 8.68 Å². The van der Waals surface area contributed by atoms with Gasteiger partial charge in [0.25, 0.3) is 5.91 Å². The first kappa shape index (κ1) is 15.3. The second-order valence-electron chi connectivity index (χ2n) is 3.40. The molecule has 106 valence electrons. The van der Waals surface area contributed by atoms with Crippen LogP contribution in [0.2, 0.25) is 0 Å². The molecule has 0 saturated heterocycles. The van der Waals surface area contributed by atoms with Crippen LogP contribution < -0.4 is 11.1 Å². The third-order valence-electron chi connectivity index (χ3n) is 2.07. The maximum Gasteiger partial charge on any atom is 0.251 e. The normalized spacial score (nSPS) is 10.4. The summed E-state index contributed by atoms with van der Waals surface area (Å²) in [4.78, 5) is 22.9. The minimum atomic E-state index is -0.553. The maximum atomic E-state index is 11.8. The predicted molar refractivity (Wildman–Crippen MR) is 83.9 cm³/mol. The Hall–Kier alpha value is -1.10. The van der Waals surface area contributed by atoms with E-state index < -0.39 is 5.91 Å². The van der Waals surface area contributed by atoms with Crippen LogP contribution >= 0.6 is 46.2 Å². The first-order chi connectivity index (χ1) is 9.60. The summed E-state index contributed by atoms with van der Waals surface area (Å²) in [5, 5.41) is 12.8. The van der Waals surface area contributed by atoms with Crippen molar-refractivity contribution >= 4 is 63.0 Å². The molecule has 0 aliphatic heterocycles. The molecule has 0 aliphatic carbocycles. The minimum Gasteiger partial charge on any atom is -0.366 e. The average Bonchev–Trinajstić information content (AvgIpc) is 3.04. The van der Waals surface area contributed by atoms with Crippen molar-refractivity contribution in [1.82, 2.24) is 10.2 Å². The SMILES string of the molecule is CSc1nnc(SCC(=O)Nc2sccc2C(N)=O)s1. The highest BCUT2D eigenvalue weighted by Gasteiger charge is 2.13. The summed E-state index contributed by atoms with van der Waals surface area (Å²) < 4.78 is 1.60. The van der Waals surface area contributed by atoms with Gasteiger partial charge in [-0.2, -0.15) is 0 Å². The number of hydrogen-bond acceptors (Lipinski definition) is 8. The van der Waals surface area contributed by atoms with Gasteiger partial charge in [-0.05, 0) is 17.7 Å². The zero-order valence-electron chi connectivity index (χ0n) is 10.3. The van der Waals surface area contributed by atoms with E-state index in [9.17, 15) is 9.59 Å². The molecule has 6 nitrogen and oxygen atoms in total. The second kappa shape index (κ2) is 7.07. The molecule has 0 atom stereocenters. The third-order valence-corrected chi connectivity index (χ3v) is 5.93. The molecule has 0 saturated carbocycles. The molecule has 0 spiro atoms. The number of primary amides is 1. The van der Waals surface area contributed by atoms with E-state index in [2.05, 4.69) is 15.5 Å². The van der Waals surface area contributed by atoms with Crippen LogP contribution in [0.1, 0.15) is 10.4 Å². The van der Waals surface area contributed by atoms with Gasteiger partial charge in [0.2, 0.25) is 5.91 Å². The van der Waals surface area contributed by atoms with Gasteiger partial charge in [-0.3, -0.25) is 9.59 Å². The summed E-state index contributed by atoms with van der Waals surface area (Å²) in [5.41, 5.74) is 5.54. The first-order valence-electron chi connectivity index (χ1n) is 5.27. The van der Waals surface area contributed by atoms with Gasteiger partial charge in [-0.25, -0.2) is 0 Å². The molecule has 2 aromatic heterocycles. The van der Waals surface area contributed by atoms with E-state index >= 15 is 0 Å². The van der Waals surface area contributed by atoms with Gasteiger partial charge in [-0.1, -0.05) is 34.9 Å². The van der Waals surface area contributed by atoms with Crippen molar-refractivity contribution < 1.29 is 9.59 Å². The Morgan fingerprint density at radius 1 is 1.40 bits per heavy atom. The van der Waals surface area contributed by atoms with Gasteiger partial charge in [0.05, 0.1) is 11.3 Å². The highest BCUT2D eigenvalue weighted by atomic mass is 32.2. The molecule has 2 heterocycles. The van der Waals surface area contributed by atoms with Crippen molar-refractivity contribution in [1.29, 1.82) is 0 Å². The predicted octanol–water partition coefficient (Wildman–Crippen LogP) is 2.15. The van der Waals surface area contributed by atoms with E-state index in [0.717, 1.165) is 8.68 Å². The molecule has 0 aromatic carbocycles. The van der Waals surface area contributed by atoms with Crippen LogP contribution in [-0.2, 0) is 4.79 Å². The van der Waals surface area contributed by atoms with Crippen molar-refractivity contribution in [3.05, 3.63) is 17.0 Å². The molecule has 2 aromatic rings. The van der Waals surface area contributed by atoms with Crippen LogP contribution in [0, 0.1) is 0 Å². The Morgan fingerprint density at radius 3 is 2.80 bits per heavy atom. The molecule has 20 heavy (non-hydrogen) atoms. The van der Waals surface area contributed by atoms with E-state index in [0.29, 0.717) is 10.6 Å². The number of nitrogens with zero attached hydrogens (tertiary/aromatic N) is 2. The topological polar surface area (TPSA) is 98.0 Å². The van der Waals surface area contributed by atoms with E-state index in [1.807, 2.05) is 6.26 Å². The maximum absolute atomic E-state index is 11.8. The second-order valence-corrected chi connectivity index (χ2v) is 7.57. The number of nitrogens with two attached hydrogens (primary N) is 1. The Bertz CT molecular complexity index is 624. The average molecular weight is 346 g/mol. The third kappa shape index (κ3) is 3.95. The Morgan fingerprint density at radius 2 is 2.15 bits per heavy atom. The van der Waals surface area contributed by atoms with Gasteiger partial charge in [-0.15, -0.1) is 21.5 Å². The first-order valence-corrected chi connectivity index (χ1v) is 9.18. The zero-order valence-corrected chi connectivity index (χ0v) is 13.5. The van der Waals surface area contributed by atoms with E-state index in [4.69, 9.17) is 5.73 Å². The number of amides is 2. The quantitative estimate of drug-likeness (QED) is 0.778. The number of carbonyl (C=O) groups excluding carboxylic acids is 2. The van der Waals surface area contributed by atoms with Crippen LogP contribution in [0.3, 0.4) is 0 Å². The Labute approximate surface area is 131 Å². The number of thiophene rings is 1. The summed E-state index contributed by atoms with van der Waals surface area (Å²) in [5.74, 6) is -0.553. The summed E-state index contributed by atoms with van der Waals surface area (Å²) in [6.45, 7) is 0. The smallest absolute Gasteiger partial charge is 0.251 e. The molecule has 2 rings (SSSR count). The fourth-order valence-corrected chi connectivity index (χ4v) is 4.27. The van der Waals surface area contributed by atoms with Gasteiger partial charge in [0.15, 0.2) is 8.68 Å². The molecule has 0 bridgehead atoms. The van der Waals surface area contributed by atoms with Crippen LogP contribution in [-0.4, -0.2) is 34.0 Å². The number of hydrogen-bond donors (Lipinski definition) is 2. The molecule has 0 aliphatic rings. The number of anilines is 1. The summed E-state index contributed by atoms with van der Waals surface area (Å²) in [6.07, 6.45) is 1.92. The summed E-state index contributed by atoms with van der Waals surface area (Å²) in [6, 6.07) is 1.59. The number of nitrogens with one attached hydrogen (secondary N) is 1. The molecule has 0 radical (unpaired) electrons. The van der Waals surface area contributed by atoms with Crippen LogP contribution in [0.25, 0.3) is 0 Å². The molecular weight excluding hydrogens is 336 g/mol. The zero-order chi connectivity index (χ0) is 14.5. The highest BCUT2D eigenvalue weighted by molar-refractivity contribution is 8.03. The molecule has 2 amide bonds. The van der Waals surface area contributed by atoms with E-state index in [-0.39, 0.29) is 11.7 Å². The molecule has 10 heteroatoms. The largest absolute Gasteiger partial charge is 0.366 e. The monoisotopic (exact) mass is 346 g/mol. The number of rotatable bonds is 6. The van der Waals surface area contributed by atoms with Crippen LogP contribution in [0.15, 0.2) is 20.1 Å². The van der Waals surface area contributed by atoms with Crippen molar-refractivity contribution in [3.63, 3.8) is 0 Å². The van der Waals surface area contributed by atoms with Crippen molar-refractivity contribution in [2.24, 2.45) is 5.73 Å². The molecule has 0 fully saturated rings. The lowest BCUT2D eigenvalue weighted by Crippen LogP contribution is -2.17. The minimum absolute atomic E-state index is 0.207. The van der Waals surface area contributed by atoms with Gasteiger partial charge < -0.3 is 11.1 Å². The van der Waals surface area contributed by atoms with Gasteiger partial charge in [0.1, 0.15) is 5.00 Å². The molecule has 3 N–H and O–H groups in total. The Balaban J connectivity index is 1.89. The lowest BCUT2D eigenvalue weighted by molar-refractivity contribution is -0.113. The number of thioether (sulfide) groups is 2. The van der Waals surface area contributed by atoms with Crippen LogP contribution in [0.5, 0.6) is 0 Å². The number of carbonyl (C=O) groups is 2. The fraction of sp³-hybridized carbons (Fsp3) is 0.200. The van der Waals surface area contributed by atoms with Gasteiger partial charge >= 0.3 is 0 Å². The van der Waals surface area contributed by atoms with E-state index in [1.165, 1.54) is 46.2 Å². The van der Waals surface area contributed by atoms with Crippen molar-refractivity contribution in [3.8, 4) is 0 Å². The van der Waals surface area contributed by atoms with Gasteiger partial charge in [0, 0.05) is 0 Å². The number of aromatic nitrogens is 2. The standard InChI is InChI=1S/C10H10N4O2S4/c1-17-9-13-14-10(20-9)19-4-6(15)12-8-5(7(11)16)2-3-18-8/h2-3H,4H2,1H3,(H2,11,16)(H,12,15). The fourth-order valence-electron chi connectivity index (χ4n) is 1.23. The highest BCUT2D eigenvalue weighted by Crippen LogP contribution is 2.28. The molecule has 0 unspecified atom stereocenters. The molecular formula is C10H10N4O2S4. The lowest BCUT2D eigenvalue weighted by atomic mass is 10.3. The van der Waals surface area contributed by atoms with E-state index in [1.54, 1.807) is 11.4 Å². The lowest BCUT2D eigenvalue weighted by Gasteiger charge is -2.03. The Kier molecular flexibility index (Phi) is 5.40. The van der Waals surface area contributed by atoms with Crippen molar-refractivity contribution in [2.75, 3.05) is 17.3 Å². The summed E-state index contributed by atoms with van der Waals surface area (Å²) >= 11 is 5.53.